The minimum atomic E-state index is -0.110. The van der Waals surface area contributed by atoms with Gasteiger partial charge in [0.1, 0.15) is 0 Å². The maximum atomic E-state index is 12.0. The summed E-state index contributed by atoms with van der Waals surface area (Å²) >= 11 is 0. The molecule has 2 saturated heterocycles. The lowest BCUT2D eigenvalue weighted by Gasteiger charge is -2.45. The summed E-state index contributed by atoms with van der Waals surface area (Å²) in [6.07, 6.45) is 2.13. The van der Waals surface area contributed by atoms with Crippen LogP contribution in [0, 0.1) is 5.92 Å². The highest BCUT2D eigenvalue weighted by Crippen LogP contribution is 2.27. The van der Waals surface area contributed by atoms with E-state index in [4.69, 9.17) is 4.74 Å². The largest absolute Gasteiger partial charge is 0.370 e. The summed E-state index contributed by atoms with van der Waals surface area (Å²) in [5, 5.41) is 3.37. The van der Waals surface area contributed by atoms with E-state index >= 15 is 0 Å². The summed E-state index contributed by atoms with van der Waals surface area (Å²) in [5.41, 5.74) is -0.110. The zero-order chi connectivity index (χ0) is 11.6. The van der Waals surface area contributed by atoms with Gasteiger partial charge in [-0.25, -0.2) is 0 Å². The van der Waals surface area contributed by atoms with Gasteiger partial charge in [-0.2, -0.15) is 0 Å². The maximum absolute atomic E-state index is 12.0. The minimum absolute atomic E-state index is 0.0895. The lowest BCUT2D eigenvalue weighted by atomic mass is 9.91. The summed E-state index contributed by atoms with van der Waals surface area (Å²) in [5.74, 6) is 0.347. The first-order chi connectivity index (χ1) is 7.63. The fourth-order valence-electron chi connectivity index (χ4n) is 2.62. The molecule has 0 radical (unpaired) electrons. The van der Waals surface area contributed by atoms with Gasteiger partial charge in [0, 0.05) is 25.6 Å². The highest BCUT2D eigenvalue weighted by molar-refractivity contribution is 5.78. The molecule has 2 rings (SSSR count). The molecule has 2 aliphatic heterocycles. The van der Waals surface area contributed by atoms with E-state index in [1.165, 1.54) is 0 Å². The minimum Gasteiger partial charge on any atom is -0.370 e. The van der Waals surface area contributed by atoms with Gasteiger partial charge in [-0.3, -0.25) is 4.79 Å². The predicted octanol–water partition coefficient (Wildman–Crippen LogP) is 0.623. The van der Waals surface area contributed by atoms with Crippen molar-refractivity contribution in [2.24, 2.45) is 5.92 Å². The summed E-state index contributed by atoms with van der Waals surface area (Å²) in [6, 6.07) is 0. The molecule has 0 aromatic heterocycles. The van der Waals surface area contributed by atoms with Crippen LogP contribution >= 0.6 is 0 Å². The quantitative estimate of drug-likeness (QED) is 0.713. The number of nitrogens with zero attached hydrogens (tertiary/aromatic N) is 1. The third-order valence-electron chi connectivity index (χ3n) is 3.48. The zero-order valence-corrected chi connectivity index (χ0v) is 10.3. The van der Waals surface area contributed by atoms with Crippen molar-refractivity contribution in [2.75, 3.05) is 32.8 Å². The second-order valence-electron chi connectivity index (χ2n) is 5.23. The van der Waals surface area contributed by atoms with Crippen molar-refractivity contribution in [3.8, 4) is 0 Å². The predicted molar refractivity (Wildman–Crippen MR) is 62.2 cm³/mol. The van der Waals surface area contributed by atoms with Crippen LogP contribution in [0.4, 0.5) is 0 Å². The Labute approximate surface area is 97.3 Å². The lowest BCUT2D eigenvalue weighted by Crippen LogP contribution is -2.60. The van der Waals surface area contributed by atoms with Crippen LogP contribution in [0.15, 0.2) is 0 Å². The topological polar surface area (TPSA) is 41.6 Å². The monoisotopic (exact) mass is 226 g/mol. The van der Waals surface area contributed by atoms with Crippen LogP contribution in [0.5, 0.6) is 0 Å². The van der Waals surface area contributed by atoms with E-state index < -0.39 is 0 Å². The average molecular weight is 226 g/mol. The number of amides is 1. The molecule has 2 aliphatic rings. The molecule has 92 valence electrons. The number of morpholine rings is 1. The van der Waals surface area contributed by atoms with Gasteiger partial charge in [-0.15, -0.1) is 0 Å². The van der Waals surface area contributed by atoms with E-state index in [-0.39, 0.29) is 17.4 Å². The van der Waals surface area contributed by atoms with Crippen LogP contribution in [0.1, 0.15) is 26.7 Å². The number of carbonyl (C=O) groups is 1. The first kappa shape index (κ1) is 11.9. The lowest BCUT2D eigenvalue weighted by molar-refractivity contribution is -0.148. The standard InChI is InChI=1S/C12H22N2O2/c1-10(2)11(15)14-6-3-4-12(9-14)8-13-5-7-16-12/h10,13H,3-9H2,1-2H3/t12-/m0/s1. The van der Waals surface area contributed by atoms with E-state index in [0.29, 0.717) is 0 Å². The van der Waals surface area contributed by atoms with Gasteiger partial charge in [0.25, 0.3) is 0 Å². The molecule has 0 unspecified atom stereocenters. The second kappa shape index (κ2) is 4.72. The Morgan fingerprint density at radius 1 is 1.50 bits per heavy atom. The SMILES string of the molecule is CC(C)C(=O)N1CCC[C@]2(CNCCO2)C1. The highest BCUT2D eigenvalue weighted by Gasteiger charge is 2.39. The average Bonchev–Trinajstić information content (AvgIpc) is 2.29. The normalized spacial score (nSPS) is 31.1. The van der Waals surface area contributed by atoms with Crippen molar-refractivity contribution in [2.45, 2.75) is 32.3 Å². The number of nitrogens with one attached hydrogen (secondary N) is 1. The fraction of sp³-hybridized carbons (Fsp3) is 0.917. The number of hydrogen-bond donors (Lipinski definition) is 1. The van der Waals surface area contributed by atoms with Gasteiger partial charge in [0.05, 0.1) is 18.8 Å². The molecule has 0 saturated carbocycles. The molecule has 16 heavy (non-hydrogen) atoms. The van der Waals surface area contributed by atoms with Crippen molar-refractivity contribution in [1.82, 2.24) is 10.2 Å². The van der Waals surface area contributed by atoms with Crippen molar-refractivity contribution in [3.63, 3.8) is 0 Å². The molecule has 1 atom stereocenters. The van der Waals surface area contributed by atoms with Crippen molar-refractivity contribution in [3.05, 3.63) is 0 Å². The number of ether oxygens (including phenoxy) is 1. The molecule has 2 fully saturated rings. The van der Waals surface area contributed by atoms with Crippen LogP contribution in [-0.2, 0) is 9.53 Å². The van der Waals surface area contributed by atoms with Crippen LogP contribution in [0.2, 0.25) is 0 Å². The number of piperidine rings is 1. The van der Waals surface area contributed by atoms with E-state index in [1.54, 1.807) is 0 Å². The molecular formula is C12H22N2O2. The van der Waals surface area contributed by atoms with E-state index in [2.05, 4.69) is 5.32 Å². The second-order valence-corrected chi connectivity index (χ2v) is 5.23. The fourth-order valence-corrected chi connectivity index (χ4v) is 2.62. The third kappa shape index (κ3) is 2.38. The molecule has 1 spiro atoms. The zero-order valence-electron chi connectivity index (χ0n) is 10.3. The molecule has 4 heteroatoms. The molecule has 1 N–H and O–H groups in total. The first-order valence-electron chi connectivity index (χ1n) is 6.26. The summed E-state index contributed by atoms with van der Waals surface area (Å²) in [7, 11) is 0. The molecule has 0 aromatic carbocycles. The molecule has 0 bridgehead atoms. The van der Waals surface area contributed by atoms with Crippen LogP contribution in [-0.4, -0.2) is 49.2 Å². The summed E-state index contributed by atoms with van der Waals surface area (Å²) in [4.78, 5) is 13.9. The van der Waals surface area contributed by atoms with E-state index in [1.807, 2.05) is 18.7 Å². The molecular weight excluding hydrogens is 204 g/mol. The van der Waals surface area contributed by atoms with Crippen molar-refractivity contribution in [1.29, 1.82) is 0 Å². The maximum Gasteiger partial charge on any atom is 0.225 e. The molecule has 0 aromatic rings. The van der Waals surface area contributed by atoms with Gasteiger partial charge in [-0.1, -0.05) is 13.8 Å². The number of rotatable bonds is 1. The van der Waals surface area contributed by atoms with Crippen molar-refractivity contribution >= 4 is 5.91 Å². The van der Waals surface area contributed by atoms with Gasteiger partial charge < -0.3 is 15.0 Å². The van der Waals surface area contributed by atoms with Gasteiger partial charge >= 0.3 is 0 Å². The molecule has 2 heterocycles. The van der Waals surface area contributed by atoms with Crippen LogP contribution in [0.25, 0.3) is 0 Å². The molecule has 1 amide bonds. The Kier molecular flexibility index (Phi) is 3.50. The van der Waals surface area contributed by atoms with Gasteiger partial charge in [0.2, 0.25) is 5.91 Å². The summed E-state index contributed by atoms with van der Waals surface area (Å²) in [6.45, 7) is 8.16. The number of carbonyl (C=O) groups excluding carboxylic acids is 1. The van der Waals surface area contributed by atoms with Crippen LogP contribution in [0.3, 0.4) is 0 Å². The third-order valence-corrected chi connectivity index (χ3v) is 3.48. The Morgan fingerprint density at radius 3 is 2.94 bits per heavy atom. The van der Waals surface area contributed by atoms with Crippen molar-refractivity contribution < 1.29 is 9.53 Å². The number of likely N-dealkylation sites (tertiary alicyclic amines) is 1. The Morgan fingerprint density at radius 2 is 2.31 bits per heavy atom. The highest BCUT2D eigenvalue weighted by atomic mass is 16.5. The smallest absolute Gasteiger partial charge is 0.225 e. The Bertz CT molecular complexity index is 254. The van der Waals surface area contributed by atoms with E-state index in [9.17, 15) is 4.79 Å². The van der Waals surface area contributed by atoms with Gasteiger partial charge in [-0.05, 0) is 12.8 Å². The Hall–Kier alpha value is -0.610. The van der Waals surface area contributed by atoms with Crippen LogP contribution < -0.4 is 5.32 Å². The number of hydrogen-bond acceptors (Lipinski definition) is 3. The molecule has 0 aliphatic carbocycles. The van der Waals surface area contributed by atoms with Gasteiger partial charge in [0.15, 0.2) is 0 Å². The van der Waals surface area contributed by atoms with E-state index in [0.717, 1.165) is 45.6 Å². The molecule has 4 nitrogen and oxygen atoms in total. The first-order valence-corrected chi connectivity index (χ1v) is 6.26. The summed E-state index contributed by atoms with van der Waals surface area (Å²) < 4.78 is 5.91. The Balaban J connectivity index is 2.00.